The van der Waals surface area contributed by atoms with Gasteiger partial charge in [-0.25, -0.2) is 0 Å². The maximum absolute atomic E-state index is 11.0. The van der Waals surface area contributed by atoms with Crippen molar-refractivity contribution in [1.82, 2.24) is 4.90 Å². The van der Waals surface area contributed by atoms with Gasteiger partial charge in [0.1, 0.15) is 0 Å². The number of carboxylic acids is 1. The molecule has 3 heteroatoms. The first-order valence-electron chi connectivity index (χ1n) is 6.19. The number of carboxylic acid groups (broad SMARTS) is 1. The fraction of sp³-hybridized carbons (Fsp3) is 0.917. The molecule has 1 aliphatic heterocycles. The van der Waals surface area contributed by atoms with Crippen LogP contribution in [0.15, 0.2) is 0 Å². The molecule has 1 N–H and O–H groups in total. The van der Waals surface area contributed by atoms with Crippen LogP contribution in [-0.4, -0.2) is 35.6 Å². The fourth-order valence-corrected chi connectivity index (χ4v) is 2.27. The second kappa shape index (κ2) is 6.83. The van der Waals surface area contributed by atoms with Crippen LogP contribution in [0.1, 0.15) is 45.4 Å². The molecule has 1 unspecified atom stereocenters. The maximum Gasteiger partial charge on any atom is 0.307 e. The Hall–Kier alpha value is -0.570. The van der Waals surface area contributed by atoms with E-state index in [2.05, 4.69) is 11.8 Å². The van der Waals surface area contributed by atoms with E-state index in [0.29, 0.717) is 0 Å². The monoisotopic (exact) mass is 213 g/mol. The first kappa shape index (κ1) is 12.5. The van der Waals surface area contributed by atoms with Crippen molar-refractivity contribution in [2.24, 2.45) is 5.92 Å². The van der Waals surface area contributed by atoms with Gasteiger partial charge in [0, 0.05) is 6.54 Å². The number of hydrogen-bond acceptors (Lipinski definition) is 2. The molecule has 3 nitrogen and oxygen atoms in total. The Morgan fingerprint density at radius 1 is 1.27 bits per heavy atom. The largest absolute Gasteiger partial charge is 0.481 e. The van der Waals surface area contributed by atoms with E-state index in [1.54, 1.807) is 0 Å². The summed E-state index contributed by atoms with van der Waals surface area (Å²) < 4.78 is 0. The molecule has 88 valence electrons. The van der Waals surface area contributed by atoms with Crippen molar-refractivity contribution in [3.05, 3.63) is 0 Å². The van der Waals surface area contributed by atoms with Gasteiger partial charge in [-0.1, -0.05) is 26.2 Å². The molecule has 1 aliphatic rings. The topological polar surface area (TPSA) is 40.5 Å². The molecule has 0 aromatic heterocycles. The molecule has 0 bridgehead atoms. The lowest BCUT2D eigenvalue weighted by Crippen LogP contribution is -2.33. The number of rotatable bonds is 5. The lowest BCUT2D eigenvalue weighted by molar-refractivity contribution is -0.142. The van der Waals surface area contributed by atoms with E-state index in [1.807, 2.05) is 0 Å². The molecule has 1 saturated heterocycles. The molecule has 0 spiro atoms. The van der Waals surface area contributed by atoms with Gasteiger partial charge >= 0.3 is 5.97 Å². The highest BCUT2D eigenvalue weighted by molar-refractivity contribution is 5.70. The molecule has 0 aromatic rings. The molecule has 1 rings (SSSR count). The van der Waals surface area contributed by atoms with E-state index < -0.39 is 5.97 Å². The van der Waals surface area contributed by atoms with Gasteiger partial charge in [-0.15, -0.1) is 0 Å². The van der Waals surface area contributed by atoms with Gasteiger partial charge in [-0.05, 0) is 32.4 Å². The van der Waals surface area contributed by atoms with Crippen LogP contribution < -0.4 is 0 Å². The predicted octanol–water partition coefficient (Wildman–Crippen LogP) is 2.36. The van der Waals surface area contributed by atoms with Gasteiger partial charge in [0.2, 0.25) is 0 Å². The predicted molar refractivity (Wildman–Crippen MR) is 60.9 cm³/mol. The molecule has 0 saturated carbocycles. The van der Waals surface area contributed by atoms with Gasteiger partial charge in [-0.3, -0.25) is 4.79 Å². The average molecular weight is 213 g/mol. The Morgan fingerprint density at radius 3 is 2.33 bits per heavy atom. The minimum Gasteiger partial charge on any atom is -0.481 e. The highest BCUT2D eigenvalue weighted by Gasteiger charge is 2.20. The van der Waals surface area contributed by atoms with Crippen LogP contribution in [0, 0.1) is 5.92 Å². The molecule has 15 heavy (non-hydrogen) atoms. The van der Waals surface area contributed by atoms with E-state index in [0.717, 1.165) is 32.5 Å². The first-order valence-corrected chi connectivity index (χ1v) is 6.19. The quantitative estimate of drug-likeness (QED) is 0.762. The number of hydrogen-bond donors (Lipinski definition) is 1. The molecule has 1 fully saturated rings. The van der Waals surface area contributed by atoms with Crippen molar-refractivity contribution in [1.29, 1.82) is 0 Å². The van der Waals surface area contributed by atoms with Gasteiger partial charge < -0.3 is 10.0 Å². The lowest BCUT2D eigenvalue weighted by atomic mass is 10.0. The van der Waals surface area contributed by atoms with Crippen molar-refractivity contribution >= 4 is 5.97 Å². The molecular formula is C12H23NO2. The third-order valence-corrected chi connectivity index (χ3v) is 3.16. The molecule has 0 aliphatic carbocycles. The zero-order valence-corrected chi connectivity index (χ0v) is 9.74. The van der Waals surface area contributed by atoms with E-state index in [4.69, 9.17) is 5.11 Å². The van der Waals surface area contributed by atoms with Crippen molar-refractivity contribution in [3.8, 4) is 0 Å². The van der Waals surface area contributed by atoms with Crippen LogP contribution in [0.3, 0.4) is 0 Å². The van der Waals surface area contributed by atoms with Crippen molar-refractivity contribution in [2.45, 2.75) is 45.4 Å². The maximum atomic E-state index is 11.0. The zero-order valence-electron chi connectivity index (χ0n) is 9.74. The van der Waals surface area contributed by atoms with Crippen LogP contribution in [-0.2, 0) is 4.79 Å². The van der Waals surface area contributed by atoms with Crippen LogP contribution in [0.4, 0.5) is 0 Å². The third-order valence-electron chi connectivity index (χ3n) is 3.16. The van der Waals surface area contributed by atoms with Crippen LogP contribution in [0.2, 0.25) is 0 Å². The van der Waals surface area contributed by atoms with E-state index in [1.165, 1.54) is 25.7 Å². The van der Waals surface area contributed by atoms with Crippen LogP contribution in [0.5, 0.6) is 0 Å². The second-order valence-electron chi connectivity index (χ2n) is 4.54. The molecular weight excluding hydrogens is 190 g/mol. The summed E-state index contributed by atoms with van der Waals surface area (Å²) in [6, 6.07) is 0. The Morgan fingerprint density at radius 2 is 1.87 bits per heavy atom. The fourth-order valence-electron chi connectivity index (χ4n) is 2.27. The lowest BCUT2D eigenvalue weighted by Gasteiger charge is -2.23. The molecule has 0 radical (unpaired) electrons. The van der Waals surface area contributed by atoms with Crippen molar-refractivity contribution in [3.63, 3.8) is 0 Å². The normalized spacial score (nSPS) is 20.9. The van der Waals surface area contributed by atoms with Crippen LogP contribution >= 0.6 is 0 Å². The summed E-state index contributed by atoms with van der Waals surface area (Å²) in [5, 5.41) is 9.08. The van der Waals surface area contributed by atoms with Crippen molar-refractivity contribution in [2.75, 3.05) is 19.6 Å². The van der Waals surface area contributed by atoms with Gasteiger partial charge in [0.05, 0.1) is 5.92 Å². The van der Waals surface area contributed by atoms with Gasteiger partial charge in [0.15, 0.2) is 0 Å². The summed E-state index contributed by atoms with van der Waals surface area (Å²) in [4.78, 5) is 13.4. The highest BCUT2D eigenvalue weighted by Crippen LogP contribution is 2.14. The smallest absolute Gasteiger partial charge is 0.307 e. The number of aliphatic carboxylic acids is 1. The minimum atomic E-state index is -0.624. The van der Waals surface area contributed by atoms with E-state index in [9.17, 15) is 4.79 Å². The standard InChI is InChI=1S/C12H23NO2/c1-2-7-11(12(14)15)10-13-8-5-3-4-6-9-13/h11H,2-10H2,1H3,(H,14,15). The zero-order chi connectivity index (χ0) is 11.1. The number of nitrogens with zero attached hydrogens (tertiary/aromatic N) is 1. The minimum absolute atomic E-state index is 0.159. The SMILES string of the molecule is CCCC(CN1CCCCCC1)C(=O)O. The van der Waals surface area contributed by atoms with E-state index >= 15 is 0 Å². The molecule has 1 atom stereocenters. The Kier molecular flexibility index (Phi) is 5.69. The summed E-state index contributed by atoms with van der Waals surface area (Å²) in [6.07, 6.45) is 6.86. The average Bonchev–Trinajstić information content (AvgIpc) is 2.45. The highest BCUT2D eigenvalue weighted by atomic mass is 16.4. The van der Waals surface area contributed by atoms with Crippen LogP contribution in [0.25, 0.3) is 0 Å². The Balaban J connectivity index is 2.37. The molecule has 0 aromatic carbocycles. The van der Waals surface area contributed by atoms with E-state index in [-0.39, 0.29) is 5.92 Å². The summed E-state index contributed by atoms with van der Waals surface area (Å²) in [7, 11) is 0. The van der Waals surface area contributed by atoms with Gasteiger partial charge in [0.25, 0.3) is 0 Å². The van der Waals surface area contributed by atoms with Crippen molar-refractivity contribution < 1.29 is 9.90 Å². The number of carbonyl (C=O) groups is 1. The second-order valence-corrected chi connectivity index (χ2v) is 4.54. The Bertz CT molecular complexity index is 186. The third kappa shape index (κ3) is 4.65. The summed E-state index contributed by atoms with van der Waals surface area (Å²) in [6.45, 7) is 4.99. The molecule has 0 amide bonds. The van der Waals surface area contributed by atoms with Gasteiger partial charge in [-0.2, -0.15) is 0 Å². The molecule has 1 heterocycles. The first-order chi connectivity index (χ1) is 7.24. The summed E-state index contributed by atoms with van der Waals surface area (Å²) in [5.74, 6) is -0.783. The summed E-state index contributed by atoms with van der Waals surface area (Å²) in [5.41, 5.74) is 0. The number of likely N-dealkylation sites (tertiary alicyclic amines) is 1. The summed E-state index contributed by atoms with van der Waals surface area (Å²) >= 11 is 0. The Labute approximate surface area is 92.5 Å².